The van der Waals surface area contributed by atoms with Gasteiger partial charge in [-0.05, 0) is 32.3 Å². The van der Waals surface area contributed by atoms with Crippen LogP contribution in [0.1, 0.15) is 30.9 Å². The molecule has 2 N–H and O–H groups in total. The van der Waals surface area contributed by atoms with Crippen molar-refractivity contribution in [2.24, 2.45) is 11.7 Å². The monoisotopic (exact) mass is 291 g/mol. The zero-order valence-corrected chi connectivity index (χ0v) is 12.4. The van der Waals surface area contributed by atoms with Crippen molar-refractivity contribution in [2.45, 2.75) is 39.3 Å². The van der Waals surface area contributed by atoms with Crippen molar-refractivity contribution in [3.05, 3.63) is 39.4 Å². The molecule has 0 radical (unpaired) electrons. The summed E-state index contributed by atoms with van der Waals surface area (Å²) in [4.78, 5) is 24.2. The molecular weight excluding hydrogens is 270 g/mol. The molecule has 6 nitrogen and oxygen atoms in total. The summed E-state index contributed by atoms with van der Waals surface area (Å²) < 4.78 is 0. The molecule has 1 aliphatic heterocycles. The molecule has 6 heteroatoms. The van der Waals surface area contributed by atoms with Crippen molar-refractivity contribution in [1.29, 1.82) is 0 Å². The topological polar surface area (TPSA) is 89.5 Å². The highest BCUT2D eigenvalue weighted by Crippen LogP contribution is 2.27. The SMILES string of the molecule is Cc1c(CN2C[C@H](C(N)=O)CC[C@H]2C)cccc1[N+](=O)[O-]. The predicted octanol–water partition coefficient (Wildman–Crippen LogP) is 1.99. The van der Waals surface area contributed by atoms with Crippen LogP contribution >= 0.6 is 0 Å². The van der Waals surface area contributed by atoms with E-state index in [9.17, 15) is 14.9 Å². The van der Waals surface area contributed by atoms with E-state index >= 15 is 0 Å². The number of amides is 1. The average molecular weight is 291 g/mol. The van der Waals surface area contributed by atoms with Crippen molar-refractivity contribution in [1.82, 2.24) is 4.90 Å². The van der Waals surface area contributed by atoms with Gasteiger partial charge in [0.15, 0.2) is 0 Å². The minimum atomic E-state index is -0.356. The first-order chi connectivity index (χ1) is 9.90. The summed E-state index contributed by atoms with van der Waals surface area (Å²) in [5.41, 5.74) is 7.17. The molecule has 1 aliphatic rings. The number of carbonyl (C=O) groups is 1. The number of nitrogens with two attached hydrogens (primary N) is 1. The number of rotatable bonds is 4. The van der Waals surface area contributed by atoms with E-state index in [1.54, 1.807) is 13.0 Å². The maximum atomic E-state index is 11.4. The average Bonchev–Trinajstić information content (AvgIpc) is 2.42. The van der Waals surface area contributed by atoms with Gasteiger partial charge in [0.1, 0.15) is 0 Å². The van der Waals surface area contributed by atoms with Crippen LogP contribution in [0.3, 0.4) is 0 Å². The maximum Gasteiger partial charge on any atom is 0.272 e. The summed E-state index contributed by atoms with van der Waals surface area (Å²) in [6.45, 7) is 5.12. The summed E-state index contributed by atoms with van der Waals surface area (Å²) in [6.07, 6.45) is 1.74. The van der Waals surface area contributed by atoms with E-state index < -0.39 is 0 Å². The normalized spacial score (nSPS) is 23.0. The molecular formula is C15H21N3O3. The molecule has 0 bridgehead atoms. The molecule has 1 aromatic rings. The first-order valence-electron chi connectivity index (χ1n) is 7.16. The zero-order chi connectivity index (χ0) is 15.6. The van der Waals surface area contributed by atoms with Gasteiger partial charge in [-0.15, -0.1) is 0 Å². The molecule has 1 heterocycles. The van der Waals surface area contributed by atoms with Gasteiger partial charge < -0.3 is 5.73 Å². The van der Waals surface area contributed by atoms with E-state index in [1.165, 1.54) is 6.07 Å². The fourth-order valence-corrected chi connectivity index (χ4v) is 2.89. The largest absolute Gasteiger partial charge is 0.369 e. The first kappa shape index (κ1) is 15.4. The van der Waals surface area contributed by atoms with Gasteiger partial charge in [0.2, 0.25) is 5.91 Å². The minimum Gasteiger partial charge on any atom is -0.369 e. The van der Waals surface area contributed by atoms with Gasteiger partial charge in [-0.1, -0.05) is 12.1 Å². The number of piperidine rings is 1. The van der Waals surface area contributed by atoms with Crippen LogP contribution in [0.5, 0.6) is 0 Å². The summed E-state index contributed by atoms with van der Waals surface area (Å²) in [5, 5.41) is 11.0. The van der Waals surface area contributed by atoms with Crippen molar-refractivity contribution in [3.63, 3.8) is 0 Å². The molecule has 0 aromatic heterocycles. The smallest absolute Gasteiger partial charge is 0.272 e. The zero-order valence-electron chi connectivity index (χ0n) is 12.4. The second-order valence-corrected chi connectivity index (χ2v) is 5.77. The third-order valence-corrected chi connectivity index (χ3v) is 4.40. The quantitative estimate of drug-likeness (QED) is 0.678. The van der Waals surface area contributed by atoms with Crippen LogP contribution in [0, 0.1) is 23.0 Å². The Kier molecular flexibility index (Phi) is 4.57. The second kappa shape index (κ2) is 6.22. The Morgan fingerprint density at radius 3 is 2.81 bits per heavy atom. The molecule has 21 heavy (non-hydrogen) atoms. The molecule has 1 saturated heterocycles. The molecule has 1 amide bonds. The number of carbonyl (C=O) groups excluding carboxylic acids is 1. The Balaban J connectivity index is 2.18. The van der Waals surface area contributed by atoms with Gasteiger partial charge in [0.05, 0.1) is 10.8 Å². The standard InChI is InChI=1S/C15H21N3O3/c1-10-6-7-13(15(16)19)9-17(10)8-12-4-3-5-14(11(12)2)18(20)21/h3-5,10,13H,6-9H2,1-2H3,(H2,16,19)/t10-,13-/m1/s1. The summed E-state index contributed by atoms with van der Waals surface area (Å²) in [7, 11) is 0. The summed E-state index contributed by atoms with van der Waals surface area (Å²) >= 11 is 0. The number of nitrogens with zero attached hydrogens (tertiary/aromatic N) is 2. The predicted molar refractivity (Wildman–Crippen MR) is 79.6 cm³/mol. The maximum absolute atomic E-state index is 11.4. The van der Waals surface area contributed by atoms with E-state index in [-0.39, 0.29) is 22.4 Å². The fraction of sp³-hybridized carbons (Fsp3) is 0.533. The number of benzene rings is 1. The number of hydrogen-bond donors (Lipinski definition) is 1. The molecule has 0 saturated carbocycles. The van der Waals surface area contributed by atoms with Crippen LogP contribution in [0.2, 0.25) is 0 Å². The van der Waals surface area contributed by atoms with Crippen molar-refractivity contribution in [3.8, 4) is 0 Å². The van der Waals surface area contributed by atoms with E-state index in [1.807, 2.05) is 6.07 Å². The van der Waals surface area contributed by atoms with Crippen LogP contribution in [-0.2, 0) is 11.3 Å². The fourth-order valence-electron chi connectivity index (χ4n) is 2.89. The Bertz CT molecular complexity index is 559. The van der Waals surface area contributed by atoms with E-state index in [4.69, 9.17) is 5.73 Å². The number of nitro groups is 1. The summed E-state index contributed by atoms with van der Waals surface area (Å²) in [6, 6.07) is 5.48. The molecule has 0 aliphatic carbocycles. The molecule has 1 aromatic carbocycles. The van der Waals surface area contributed by atoms with Gasteiger partial charge in [-0.25, -0.2) is 0 Å². The third-order valence-electron chi connectivity index (χ3n) is 4.40. The number of primary amides is 1. The highest BCUT2D eigenvalue weighted by molar-refractivity contribution is 5.77. The summed E-state index contributed by atoms with van der Waals surface area (Å²) in [5.74, 6) is -0.386. The minimum absolute atomic E-state index is 0.125. The molecule has 1 fully saturated rings. The Morgan fingerprint density at radius 1 is 1.48 bits per heavy atom. The molecule has 0 spiro atoms. The Labute approximate surface area is 124 Å². The Morgan fingerprint density at radius 2 is 2.19 bits per heavy atom. The van der Waals surface area contributed by atoms with Gasteiger partial charge in [0, 0.05) is 30.8 Å². The molecule has 114 valence electrons. The second-order valence-electron chi connectivity index (χ2n) is 5.77. The lowest BCUT2D eigenvalue weighted by Crippen LogP contribution is -2.45. The molecule has 0 unspecified atom stereocenters. The van der Waals surface area contributed by atoms with E-state index in [0.29, 0.717) is 24.7 Å². The first-order valence-corrected chi connectivity index (χ1v) is 7.16. The molecule has 2 rings (SSSR count). The van der Waals surface area contributed by atoms with Crippen LogP contribution in [0.25, 0.3) is 0 Å². The highest BCUT2D eigenvalue weighted by atomic mass is 16.6. The lowest BCUT2D eigenvalue weighted by molar-refractivity contribution is -0.385. The van der Waals surface area contributed by atoms with Crippen molar-refractivity contribution in [2.75, 3.05) is 6.54 Å². The third kappa shape index (κ3) is 3.39. The van der Waals surface area contributed by atoms with Crippen LogP contribution < -0.4 is 5.73 Å². The van der Waals surface area contributed by atoms with Gasteiger partial charge >= 0.3 is 0 Å². The molecule has 2 atom stereocenters. The van der Waals surface area contributed by atoms with Crippen molar-refractivity contribution >= 4 is 11.6 Å². The van der Waals surface area contributed by atoms with Crippen LogP contribution in [0.4, 0.5) is 5.69 Å². The number of likely N-dealkylation sites (tertiary alicyclic amines) is 1. The van der Waals surface area contributed by atoms with Gasteiger partial charge in [-0.3, -0.25) is 19.8 Å². The van der Waals surface area contributed by atoms with Crippen molar-refractivity contribution < 1.29 is 9.72 Å². The number of hydrogen-bond acceptors (Lipinski definition) is 4. The van der Waals surface area contributed by atoms with E-state index in [2.05, 4.69) is 11.8 Å². The highest BCUT2D eigenvalue weighted by Gasteiger charge is 2.29. The van der Waals surface area contributed by atoms with Gasteiger partial charge in [0.25, 0.3) is 5.69 Å². The number of nitro benzene ring substituents is 1. The Hall–Kier alpha value is -1.95. The van der Waals surface area contributed by atoms with E-state index in [0.717, 1.165) is 18.4 Å². The van der Waals surface area contributed by atoms with Gasteiger partial charge in [-0.2, -0.15) is 0 Å². The lowest BCUT2D eigenvalue weighted by Gasteiger charge is -2.37. The van der Waals surface area contributed by atoms with Crippen LogP contribution in [-0.4, -0.2) is 28.3 Å². The van der Waals surface area contributed by atoms with Crippen LogP contribution in [0.15, 0.2) is 18.2 Å². The lowest BCUT2D eigenvalue weighted by atomic mass is 9.92.